The lowest BCUT2D eigenvalue weighted by atomic mass is 10.1. The maximum Gasteiger partial charge on any atom is 0.229 e. The molecule has 0 spiro atoms. The summed E-state index contributed by atoms with van der Waals surface area (Å²) in [7, 11) is 0. The monoisotopic (exact) mass is 391 g/mol. The lowest BCUT2D eigenvalue weighted by Gasteiger charge is -2.20. The van der Waals surface area contributed by atoms with Gasteiger partial charge in [0.2, 0.25) is 11.8 Å². The number of aromatic nitrogens is 3. The van der Waals surface area contributed by atoms with Crippen molar-refractivity contribution in [1.82, 2.24) is 19.7 Å². The minimum atomic E-state index is -0.318. The number of hydrogen-bond acceptors (Lipinski definition) is 4. The molecular weight excluding hydrogens is 374 g/mol. The van der Waals surface area contributed by atoms with E-state index in [1.807, 2.05) is 13.8 Å². The lowest BCUT2D eigenvalue weighted by molar-refractivity contribution is -0.129. The third-order valence-electron chi connectivity index (χ3n) is 3.95. The summed E-state index contributed by atoms with van der Waals surface area (Å²) in [5, 5.41) is 6.98. The predicted molar refractivity (Wildman–Crippen MR) is 92.6 cm³/mol. The van der Waals surface area contributed by atoms with E-state index in [-0.39, 0.29) is 30.2 Å². The van der Waals surface area contributed by atoms with Crippen molar-refractivity contribution >= 4 is 33.4 Å². The van der Waals surface area contributed by atoms with E-state index in [1.54, 1.807) is 40.3 Å². The first kappa shape index (κ1) is 16.6. The van der Waals surface area contributed by atoms with E-state index in [0.29, 0.717) is 18.1 Å². The van der Waals surface area contributed by atoms with Crippen molar-refractivity contribution in [2.45, 2.75) is 26.3 Å². The molecule has 126 valence electrons. The molecule has 2 aromatic rings. The fraction of sp³-hybridized carbons (Fsp3) is 0.375. The van der Waals surface area contributed by atoms with Gasteiger partial charge in [-0.3, -0.25) is 9.59 Å². The Balaban J connectivity index is 1.64. The number of rotatable bonds is 4. The molecule has 0 saturated carbocycles. The number of nitrogens with zero attached hydrogens (tertiary/aromatic N) is 4. The van der Waals surface area contributed by atoms with Crippen LogP contribution in [0, 0.1) is 5.92 Å². The molecule has 0 unspecified atom stereocenters. The van der Waals surface area contributed by atoms with Crippen LogP contribution in [-0.2, 0) is 9.59 Å². The fourth-order valence-corrected chi connectivity index (χ4v) is 2.96. The maximum atomic E-state index is 12.3. The highest BCUT2D eigenvalue weighted by molar-refractivity contribution is 9.10. The minimum Gasteiger partial charge on any atom is -0.339 e. The minimum absolute atomic E-state index is 0.0304. The number of anilines is 1. The summed E-state index contributed by atoms with van der Waals surface area (Å²) in [6.07, 6.45) is 5.32. The van der Waals surface area contributed by atoms with Gasteiger partial charge in [-0.1, -0.05) is 0 Å². The van der Waals surface area contributed by atoms with Gasteiger partial charge in [0, 0.05) is 25.2 Å². The number of nitrogens with one attached hydrogen (secondary N) is 1. The van der Waals surface area contributed by atoms with Crippen molar-refractivity contribution in [3.8, 4) is 5.82 Å². The molecule has 1 fully saturated rings. The quantitative estimate of drug-likeness (QED) is 0.866. The molecule has 1 atom stereocenters. The average Bonchev–Trinajstić information content (AvgIpc) is 3.14. The van der Waals surface area contributed by atoms with E-state index in [4.69, 9.17) is 0 Å². The van der Waals surface area contributed by atoms with Gasteiger partial charge in [0.15, 0.2) is 5.82 Å². The van der Waals surface area contributed by atoms with Crippen LogP contribution in [0.1, 0.15) is 20.3 Å². The molecule has 2 aromatic heterocycles. The van der Waals surface area contributed by atoms with Crippen LogP contribution in [0.4, 0.5) is 5.69 Å². The molecule has 1 aliphatic rings. The molecule has 0 aromatic carbocycles. The van der Waals surface area contributed by atoms with E-state index in [0.717, 1.165) is 4.47 Å². The maximum absolute atomic E-state index is 12.3. The highest BCUT2D eigenvalue weighted by atomic mass is 79.9. The number of carbonyl (C=O) groups excluding carboxylic acids is 2. The van der Waals surface area contributed by atoms with Gasteiger partial charge in [0.25, 0.3) is 0 Å². The molecule has 0 aliphatic carbocycles. The van der Waals surface area contributed by atoms with Crippen molar-refractivity contribution in [3.63, 3.8) is 0 Å². The molecule has 1 aliphatic heterocycles. The van der Waals surface area contributed by atoms with Crippen molar-refractivity contribution in [3.05, 3.63) is 35.2 Å². The SMILES string of the molecule is CC(C)N1C[C@@H](C(=O)Nc2ccc(-n3cc(Br)cn3)nc2)CC1=O. The Labute approximate surface area is 148 Å². The van der Waals surface area contributed by atoms with Gasteiger partial charge in [-0.2, -0.15) is 5.10 Å². The summed E-state index contributed by atoms with van der Waals surface area (Å²) < 4.78 is 2.49. The van der Waals surface area contributed by atoms with Crippen LogP contribution in [0.3, 0.4) is 0 Å². The largest absolute Gasteiger partial charge is 0.339 e. The molecule has 1 saturated heterocycles. The topological polar surface area (TPSA) is 80.1 Å². The summed E-state index contributed by atoms with van der Waals surface area (Å²) >= 11 is 3.33. The van der Waals surface area contributed by atoms with E-state index in [1.165, 1.54) is 0 Å². The zero-order valence-corrected chi connectivity index (χ0v) is 15.0. The van der Waals surface area contributed by atoms with Crippen LogP contribution in [0.15, 0.2) is 35.2 Å². The van der Waals surface area contributed by atoms with Crippen LogP contribution < -0.4 is 5.32 Å². The number of pyridine rings is 1. The first-order valence-corrected chi connectivity index (χ1v) is 8.50. The molecular formula is C16H18BrN5O2. The summed E-state index contributed by atoms with van der Waals surface area (Å²) in [6, 6.07) is 3.66. The average molecular weight is 392 g/mol. The van der Waals surface area contributed by atoms with Crippen LogP contribution in [0.2, 0.25) is 0 Å². The van der Waals surface area contributed by atoms with Crippen LogP contribution >= 0.6 is 15.9 Å². The van der Waals surface area contributed by atoms with Crippen LogP contribution in [0.5, 0.6) is 0 Å². The number of carbonyl (C=O) groups is 2. The zero-order chi connectivity index (χ0) is 17.3. The summed E-state index contributed by atoms with van der Waals surface area (Å²) in [5.41, 5.74) is 0.602. The third-order valence-corrected chi connectivity index (χ3v) is 4.36. The smallest absolute Gasteiger partial charge is 0.229 e. The molecule has 0 bridgehead atoms. The molecule has 24 heavy (non-hydrogen) atoms. The van der Waals surface area contributed by atoms with Crippen molar-refractivity contribution < 1.29 is 9.59 Å². The van der Waals surface area contributed by atoms with Crippen molar-refractivity contribution in [1.29, 1.82) is 0 Å². The highest BCUT2D eigenvalue weighted by Crippen LogP contribution is 2.22. The lowest BCUT2D eigenvalue weighted by Crippen LogP contribution is -2.33. The molecule has 8 heteroatoms. The molecule has 1 N–H and O–H groups in total. The Morgan fingerprint density at radius 2 is 2.17 bits per heavy atom. The Kier molecular flexibility index (Phi) is 4.66. The van der Waals surface area contributed by atoms with Crippen LogP contribution in [0.25, 0.3) is 5.82 Å². The van der Waals surface area contributed by atoms with Crippen molar-refractivity contribution in [2.75, 3.05) is 11.9 Å². The van der Waals surface area contributed by atoms with E-state index >= 15 is 0 Å². The number of likely N-dealkylation sites (tertiary alicyclic amines) is 1. The number of halogens is 1. The molecule has 2 amide bonds. The standard InChI is InChI=1S/C16H18BrN5O2/c1-10(2)21-8-11(5-15(21)23)16(24)20-13-3-4-14(18-7-13)22-9-12(17)6-19-22/h3-4,6-7,9-11H,5,8H2,1-2H3,(H,20,24)/t11-/m0/s1. The molecule has 3 rings (SSSR count). The second-order valence-corrected chi connectivity index (χ2v) is 6.95. The number of amides is 2. The summed E-state index contributed by atoms with van der Waals surface area (Å²) in [6.45, 7) is 4.37. The summed E-state index contributed by atoms with van der Waals surface area (Å²) in [5.74, 6) is 0.216. The zero-order valence-electron chi connectivity index (χ0n) is 13.4. The Morgan fingerprint density at radius 3 is 2.71 bits per heavy atom. The van der Waals surface area contributed by atoms with Gasteiger partial charge < -0.3 is 10.2 Å². The normalized spacial score (nSPS) is 17.6. The highest BCUT2D eigenvalue weighted by Gasteiger charge is 2.35. The van der Waals surface area contributed by atoms with Gasteiger partial charge in [-0.25, -0.2) is 9.67 Å². The van der Waals surface area contributed by atoms with Crippen LogP contribution in [-0.4, -0.2) is 44.1 Å². The second-order valence-electron chi connectivity index (χ2n) is 6.04. The Bertz CT molecular complexity index is 756. The van der Waals surface area contributed by atoms with Gasteiger partial charge in [-0.05, 0) is 41.9 Å². The Hall–Kier alpha value is -2.22. The Morgan fingerprint density at radius 1 is 1.38 bits per heavy atom. The number of hydrogen-bond donors (Lipinski definition) is 1. The molecule has 3 heterocycles. The van der Waals surface area contributed by atoms with Gasteiger partial charge in [0.05, 0.1) is 28.5 Å². The first-order chi connectivity index (χ1) is 11.4. The van der Waals surface area contributed by atoms with Gasteiger partial charge in [-0.15, -0.1) is 0 Å². The predicted octanol–water partition coefficient (Wildman–Crippen LogP) is 2.23. The van der Waals surface area contributed by atoms with Gasteiger partial charge in [0.1, 0.15) is 0 Å². The fourth-order valence-electron chi connectivity index (χ4n) is 2.67. The third kappa shape index (κ3) is 3.48. The molecule has 0 radical (unpaired) electrons. The molecule has 7 nitrogen and oxygen atoms in total. The second kappa shape index (κ2) is 6.72. The van der Waals surface area contributed by atoms with Crippen molar-refractivity contribution in [2.24, 2.45) is 5.92 Å². The van der Waals surface area contributed by atoms with E-state index < -0.39 is 0 Å². The van der Waals surface area contributed by atoms with E-state index in [9.17, 15) is 9.59 Å². The van der Waals surface area contributed by atoms with E-state index in [2.05, 4.69) is 31.3 Å². The van der Waals surface area contributed by atoms with Gasteiger partial charge >= 0.3 is 0 Å². The first-order valence-electron chi connectivity index (χ1n) is 7.71. The summed E-state index contributed by atoms with van der Waals surface area (Å²) in [4.78, 5) is 30.3.